The summed E-state index contributed by atoms with van der Waals surface area (Å²) in [5.41, 5.74) is 0.674. The summed E-state index contributed by atoms with van der Waals surface area (Å²) >= 11 is 3.35. The second-order valence-electron chi connectivity index (χ2n) is 5.67. The molecule has 1 rings (SSSR count). The quantitative estimate of drug-likeness (QED) is 0.538. The highest BCUT2D eigenvalue weighted by Gasteiger charge is 2.17. The molecule has 0 spiro atoms. The Morgan fingerprint density at radius 2 is 1.79 bits per heavy atom. The Morgan fingerprint density at radius 3 is 2.42 bits per heavy atom. The van der Waals surface area contributed by atoms with Gasteiger partial charge >= 0.3 is 6.03 Å². The molecule has 0 aliphatic heterocycles. The van der Waals surface area contributed by atoms with Gasteiger partial charge in [-0.2, -0.15) is 0 Å². The number of carbonyl (C=O) groups is 3. The van der Waals surface area contributed by atoms with E-state index >= 15 is 0 Å². The lowest BCUT2D eigenvalue weighted by atomic mass is 10.3. The summed E-state index contributed by atoms with van der Waals surface area (Å²) in [4.78, 5) is 36.0. The van der Waals surface area contributed by atoms with Crippen LogP contribution in [0.25, 0.3) is 0 Å². The molecular formula is C16H24BrN4O3+. The molecule has 1 aromatic rings. The molecule has 0 fully saturated rings. The number of carbonyl (C=O) groups excluding carboxylic acids is 3. The van der Waals surface area contributed by atoms with Gasteiger partial charge in [-0.3, -0.25) is 14.9 Å². The summed E-state index contributed by atoms with van der Waals surface area (Å²) in [7, 11) is 1.71. The molecule has 8 heteroatoms. The second kappa shape index (κ2) is 10.0. The van der Waals surface area contributed by atoms with E-state index in [1.165, 1.54) is 0 Å². The van der Waals surface area contributed by atoms with E-state index in [0.717, 1.165) is 10.9 Å². The minimum atomic E-state index is -0.514. The van der Waals surface area contributed by atoms with Crippen LogP contribution in [0.15, 0.2) is 28.7 Å². The van der Waals surface area contributed by atoms with Gasteiger partial charge in [-0.1, -0.05) is 19.1 Å². The Bertz CT molecular complexity index is 594. The number of urea groups is 1. The Kier molecular flexibility index (Phi) is 8.42. The molecule has 0 heterocycles. The van der Waals surface area contributed by atoms with Crippen molar-refractivity contribution >= 4 is 39.5 Å². The normalized spacial score (nSPS) is 12.8. The first-order valence-electron chi connectivity index (χ1n) is 7.77. The van der Waals surface area contributed by atoms with Gasteiger partial charge in [0.15, 0.2) is 13.1 Å². The van der Waals surface area contributed by atoms with Crippen molar-refractivity contribution in [1.29, 1.82) is 0 Å². The summed E-state index contributed by atoms with van der Waals surface area (Å²) in [6, 6.07) is 6.77. The summed E-state index contributed by atoms with van der Waals surface area (Å²) in [6.07, 6.45) is 0.780. The Morgan fingerprint density at radius 1 is 1.17 bits per heavy atom. The smallest absolute Gasteiger partial charge is 0.321 e. The molecule has 4 amide bonds. The van der Waals surface area contributed by atoms with E-state index in [9.17, 15) is 14.4 Å². The molecule has 0 saturated carbocycles. The molecule has 0 bridgehead atoms. The molecule has 2 atom stereocenters. The molecule has 7 nitrogen and oxygen atoms in total. The van der Waals surface area contributed by atoms with Crippen LogP contribution in [0.5, 0.6) is 0 Å². The molecule has 1 aromatic carbocycles. The molecule has 24 heavy (non-hydrogen) atoms. The van der Waals surface area contributed by atoms with Crippen LogP contribution >= 0.6 is 15.9 Å². The lowest BCUT2D eigenvalue weighted by Crippen LogP contribution is -3.11. The summed E-state index contributed by atoms with van der Waals surface area (Å²) in [6.45, 7) is 3.93. The summed E-state index contributed by atoms with van der Waals surface area (Å²) in [5, 5.41) is 7.68. The van der Waals surface area contributed by atoms with Crippen LogP contribution in [0, 0.1) is 0 Å². The fraction of sp³-hybridized carbons (Fsp3) is 0.438. The number of nitrogens with one attached hydrogen (secondary N) is 4. The van der Waals surface area contributed by atoms with E-state index in [2.05, 4.69) is 31.9 Å². The molecule has 0 radical (unpaired) electrons. The van der Waals surface area contributed by atoms with Crippen LogP contribution in [0.1, 0.15) is 20.3 Å². The maximum Gasteiger partial charge on any atom is 0.321 e. The largest absolute Gasteiger partial charge is 0.335 e. The predicted octanol–water partition coefficient (Wildman–Crippen LogP) is 0.527. The third-order valence-corrected chi connectivity index (χ3v) is 4.01. The average molecular weight is 400 g/mol. The van der Waals surface area contributed by atoms with Gasteiger partial charge in [0.2, 0.25) is 0 Å². The van der Waals surface area contributed by atoms with E-state index in [0.29, 0.717) is 10.6 Å². The number of imide groups is 1. The first-order chi connectivity index (χ1) is 11.3. The lowest BCUT2D eigenvalue weighted by molar-refractivity contribution is -0.862. The van der Waals surface area contributed by atoms with Crippen LogP contribution in [0.4, 0.5) is 10.5 Å². The van der Waals surface area contributed by atoms with E-state index in [-0.39, 0.29) is 25.0 Å². The number of hydrogen-bond acceptors (Lipinski definition) is 3. The van der Waals surface area contributed by atoms with Crippen LogP contribution < -0.4 is 20.9 Å². The van der Waals surface area contributed by atoms with Crippen molar-refractivity contribution in [3.63, 3.8) is 0 Å². The van der Waals surface area contributed by atoms with Gasteiger partial charge < -0.3 is 15.5 Å². The minimum Gasteiger partial charge on any atom is -0.335 e. The minimum absolute atomic E-state index is 0.00188. The first-order valence-corrected chi connectivity index (χ1v) is 8.57. The number of anilines is 1. The molecule has 0 aromatic heterocycles. The van der Waals surface area contributed by atoms with Crippen molar-refractivity contribution in [2.75, 3.05) is 25.5 Å². The number of halogens is 1. The van der Waals surface area contributed by atoms with Gasteiger partial charge in [0.05, 0.1) is 12.7 Å². The van der Waals surface area contributed by atoms with Crippen molar-refractivity contribution in [3.05, 3.63) is 28.7 Å². The summed E-state index contributed by atoms with van der Waals surface area (Å²) in [5.74, 6) is -0.641. The number of rotatable bonds is 7. The molecule has 132 valence electrons. The third kappa shape index (κ3) is 7.56. The van der Waals surface area contributed by atoms with Crippen molar-refractivity contribution in [1.82, 2.24) is 10.6 Å². The topological polar surface area (TPSA) is 91.7 Å². The van der Waals surface area contributed by atoms with Gasteiger partial charge in [0.25, 0.3) is 11.8 Å². The van der Waals surface area contributed by atoms with Crippen molar-refractivity contribution in [2.45, 2.75) is 26.3 Å². The van der Waals surface area contributed by atoms with Crippen molar-refractivity contribution < 1.29 is 19.3 Å². The standard InChI is InChI=1S/C16H23BrN4O3/c1-4-11(2)18-16(24)20-15(23)10-21(3)9-14(22)19-13-8-6-5-7-12(13)17/h5-8,11H,4,9-10H2,1-3H3,(H,19,22)(H2,18,20,23,24)/p+1/t11-/m0/s1. The molecule has 0 saturated heterocycles. The van der Waals surface area contributed by atoms with Gasteiger partial charge in [-0.05, 0) is 41.4 Å². The fourth-order valence-corrected chi connectivity index (χ4v) is 2.28. The number of para-hydroxylation sites is 1. The van der Waals surface area contributed by atoms with Crippen molar-refractivity contribution in [3.8, 4) is 0 Å². The number of amides is 4. The zero-order chi connectivity index (χ0) is 18.1. The third-order valence-electron chi connectivity index (χ3n) is 3.32. The fourth-order valence-electron chi connectivity index (χ4n) is 1.90. The Balaban J connectivity index is 2.38. The van der Waals surface area contributed by atoms with Crippen LogP contribution in [0.2, 0.25) is 0 Å². The van der Waals surface area contributed by atoms with E-state index < -0.39 is 11.9 Å². The van der Waals surface area contributed by atoms with Gasteiger partial charge in [-0.25, -0.2) is 4.79 Å². The molecule has 0 aliphatic rings. The van der Waals surface area contributed by atoms with E-state index in [4.69, 9.17) is 0 Å². The molecule has 4 N–H and O–H groups in total. The maximum absolute atomic E-state index is 12.0. The maximum atomic E-state index is 12.0. The highest BCUT2D eigenvalue weighted by atomic mass is 79.9. The van der Waals surface area contributed by atoms with Crippen LogP contribution in [-0.2, 0) is 9.59 Å². The number of hydrogen-bond donors (Lipinski definition) is 4. The zero-order valence-electron chi connectivity index (χ0n) is 14.1. The molecular weight excluding hydrogens is 376 g/mol. The zero-order valence-corrected chi connectivity index (χ0v) is 15.7. The summed E-state index contributed by atoms with van der Waals surface area (Å²) < 4.78 is 0.787. The molecule has 1 unspecified atom stereocenters. The van der Waals surface area contributed by atoms with Crippen LogP contribution in [0.3, 0.4) is 0 Å². The van der Waals surface area contributed by atoms with Crippen LogP contribution in [-0.4, -0.2) is 44.0 Å². The highest BCUT2D eigenvalue weighted by Crippen LogP contribution is 2.20. The monoisotopic (exact) mass is 399 g/mol. The highest BCUT2D eigenvalue weighted by molar-refractivity contribution is 9.10. The number of benzene rings is 1. The average Bonchev–Trinajstić information content (AvgIpc) is 2.48. The second-order valence-corrected chi connectivity index (χ2v) is 6.52. The molecule has 0 aliphatic carbocycles. The SMILES string of the molecule is CC[C@H](C)NC(=O)NC(=O)C[NH+](C)CC(=O)Nc1ccccc1Br. The van der Waals surface area contributed by atoms with Crippen molar-refractivity contribution in [2.24, 2.45) is 0 Å². The first kappa shape index (κ1) is 20.1. The van der Waals surface area contributed by atoms with Gasteiger partial charge in [0.1, 0.15) is 0 Å². The number of likely N-dealkylation sites (N-methyl/N-ethyl adjacent to an activating group) is 1. The van der Waals surface area contributed by atoms with E-state index in [1.807, 2.05) is 32.0 Å². The Hall–Kier alpha value is -1.93. The number of quaternary nitrogens is 1. The predicted molar refractivity (Wildman–Crippen MR) is 95.8 cm³/mol. The van der Waals surface area contributed by atoms with E-state index in [1.54, 1.807) is 13.1 Å². The van der Waals surface area contributed by atoms with Gasteiger partial charge in [-0.15, -0.1) is 0 Å². The Labute approximate surface area is 150 Å². The lowest BCUT2D eigenvalue weighted by Gasteiger charge is -2.15. The van der Waals surface area contributed by atoms with Gasteiger partial charge in [0, 0.05) is 10.5 Å².